The molecule has 0 saturated heterocycles. The number of ketones is 1. The van der Waals surface area contributed by atoms with Crippen LogP contribution in [0, 0.1) is 5.92 Å². The van der Waals surface area contributed by atoms with Crippen molar-refractivity contribution >= 4 is 22.5 Å². The van der Waals surface area contributed by atoms with Gasteiger partial charge in [-0.15, -0.1) is 0 Å². The smallest absolute Gasteiger partial charge is 0.168 e. The summed E-state index contributed by atoms with van der Waals surface area (Å²) in [6.07, 6.45) is 7.72. The number of Topliss-reactive ketones (excluding diaryl/α,β-unsaturated/α-hetero) is 1. The molecule has 0 unspecified atom stereocenters. The molecule has 2 heterocycles. The third kappa shape index (κ3) is 1.69. The molecule has 0 atom stereocenters. The number of anilines is 1. The highest BCUT2D eigenvalue weighted by molar-refractivity contribution is 6.08. The van der Waals surface area contributed by atoms with Crippen LogP contribution < -0.4 is 5.73 Å². The number of pyridine rings is 1. The average Bonchev–Trinajstić information content (AvgIpc) is 2.97. The molecule has 4 heteroatoms. The summed E-state index contributed by atoms with van der Waals surface area (Å²) in [5.74, 6) is 0.427. The Morgan fingerprint density at radius 1 is 1.41 bits per heavy atom. The van der Waals surface area contributed by atoms with Gasteiger partial charge in [0.2, 0.25) is 0 Å². The van der Waals surface area contributed by atoms with Gasteiger partial charge in [-0.25, -0.2) is 4.98 Å². The number of rotatable bonds is 2. The van der Waals surface area contributed by atoms with Gasteiger partial charge in [0.05, 0.1) is 11.9 Å². The maximum atomic E-state index is 12.3. The SMILES string of the molecule is Nc1cnc2[nH]cc(C(=O)C3CCCC3)c2c1. The fourth-order valence-corrected chi connectivity index (χ4v) is 2.63. The van der Waals surface area contributed by atoms with E-state index in [-0.39, 0.29) is 11.7 Å². The Balaban J connectivity index is 2.04. The van der Waals surface area contributed by atoms with Crippen LogP contribution in [-0.2, 0) is 0 Å². The molecule has 1 fully saturated rings. The fourth-order valence-electron chi connectivity index (χ4n) is 2.63. The van der Waals surface area contributed by atoms with Gasteiger partial charge in [-0.05, 0) is 18.9 Å². The Kier molecular flexibility index (Phi) is 2.35. The zero-order valence-electron chi connectivity index (χ0n) is 9.57. The van der Waals surface area contributed by atoms with E-state index in [1.54, 1.807) is 12.4 Å². The number of hydrogen-bond donors (Lipinski definition) is 2. The van der Waals surface area contributed by atoms with Crippen LogP contribution >= 0.6 is 0 Å². The van der Waals surface area contributed by atoms with Crippen molar-refractivity contribution in [3.63, 3.8) is 0 Å². The number of nitrogens with zero attached hydrogens (tertiary/aromatic N) is 1. The molecule has 1 aliphatic carbocycles. The number of nitrogen functional groups attached to an aromatic ring is 1. The molecule has 0 bridgehead atoms. The maximum absolute atomic E-state index is 12.3. The highest BCUT2D eigenvalue weighted by atomic mass is 16.1. The lowest BCUT2D eigenvalue weighted by Gasteiger charge is -2.06. The van der Waals surface area contributed by atoms with Crippen molar-refractivity contribution in [1.82, 2.24) is 9.97 Å². The van der Waals surface area contributed by atoms with E-state index >= 15 is 0 Å². The first kappa shape index (κ1) is 10.3. The van der Waals surface area contributed by atoms with Gasteiger partial charge in [0.25, 0.3) is 0 Å². The normalized spacial score (nSPS) is 16.7. The third-order valence-corrected chi connectivity index (χ3v) is 3.54. The van der Waals surface area contributed by atoms with Crippen molar-refractivity contribution in [2.75, 3.05) is 5.73 Å². The van der Waals surface area contributed by atoms with Gasteiger partial charge in [-0.2, -0.15) is 0 Å². The molecule has 3 N–H and O–H groups in total. The zero-order chi connectivity index (χ0) is 11.8. The summed E-state index contributed by atoms with van der Waals surface area (Å²) >= 11 is 0. The molecule has 3 rings (SSSR count). The van der Waals surface area contributed by atoms with Crippen LogP contribution in [0.5, 0.6) is 0 Å². The predicted molar refractivity (Wildman–Crippen MR) is 66.8 cm³/mol. The Morgan fingerprint density at radius 2 is 2.18 bits per heavy atom. The van der Waals surface area contributed by atoms with Crippen molar-refractivity contribution in [2.24, 2.45) is 5.92 Å². The van der Waals surface area contributed by atoms with Gasteiger partial charge in [0, 0.05) is 23.1 Å². The lowest BCUT2D eigenvalue weighted by atomic mass is 9.96. The number of carbonyl (C=O) groups excluding carboxylic acids is 1. The van der Waals surface area contributed by atoms with Crippen LogP contribution in [0.15, 0.2) is 18.5 Å². The summed E-state index contributed by atoms with van der Waals surface area (Å²) in [6.45, 7) is 0. The number of nitrogens with one attached hydrogen (secondary N) is 1. The number of aromatic nitrogens is 2. The van der Waals surface area contributed by atoms with Crippen LogP contribution in [-0.4, -0.2) is 15.8 Å². The molecule has 17 heavy (non-hydrogen) atoms. The van der Waals surface area contributed by atoms with Gasteiger partial charge in [-0.3, -0.25) is 4.79 Å². The van der Waals surface area contributed by atoms with E-state index in [0.29, 0.717) is 5.69 Å². The maximum Gasteiger partial charge on any atom is 0.168 e. The first-order valence-corrected chi connectivity index (χ1v) is 6.02. The summed E-state index contributed by atoms with van der Waals surface area (Å²) in [5.41, 5.74) is 7.79. The van der Waals surface area contributed by atoms with E-state index in [9.17, 15) is 4.79 Å². The first-order valence-electron chi connectivity index (χ1n) is 6.02. The predicted octanol–water partition coefficient (Wildman–Crippen LogP) is 2.52. The minimum atomic E-state index is 0.190. The van der Waals surface area contributed by atoms with E-state index in [2.05, 4.69) is 9.97 Å². The largest absolute Gasteiger partial charge is 0.397 e. The van der Waals surface area contributed by atoms with Crippen LogP contribution in [0.2, 0.25) is 0 Å². The topological polar surface area (TPSA) is 71.8 Å². The van der Waals surface area contributed by atoms with E-state index in [1.165, 1.54) is 12.8 Å². The minimum Gasteiger partial charge on any atom is -0.397 e. The van der Waals surface area contributed by atoms with Crippen LogP contribution in [0.25, 0.3) is 11.0 Å². The molecule has 0 spiro atoms. The van der Waals surface area contributed by atoms with Crippen molar-refractivity contribution in [3.8, 4) is 0 Å². The number of H-pyrrole nitrogens is 1. The fraction of sp³-hybridized carbons (Fsp3) is 0.385. The molecule has 0 aliphatic heterocycles. The second-order valence-electron chi connectivity index (χ2n) is 4.71. The summed E-state index contributed by atoms with van der Waals surface area (Å²) in [6, 6.07) is 1.82. The van der Waals surface area contributed by atoms with Gasteiger partial charge in [-0.1, -0.05) is 12.8 Å². The second-order valence-corrected chi connectivity index (χ2v) is 4.71. The second kappa shape index (κ2) is 3.87. The first-order chi connectivity index (χ1) is 8.25. The third-order valence-electron chi connectivity index (χ3n) is 3.54. The summed E-state index contributed by atoms with van der Waals surface area (Å²) < 4.78 is 0. The highest BCUT2D eigenvalue weighted by Crippen LogP contribution is 2.30. The molecule has 2 aromatic heterocycles. The Labute approximate surface area is 99.2 Å². The molecular weight excluding hydrogens is 214 g/mol. The van der Waals surface area contributed by atoms with E-state index in [4.69, 9.17) is 5.73 Å². The Morgan fingerprint density at radius 3 is 2.94 bits per heavy atom. The zero-order valence-corrected chi connectivity index (χ0v) is 9.57. The summed E-state index contributed by atoms with van der Waals surface area (Å²) in [4.78, 5) is 19.6. The van der Waals surface area contributed by atoms with Gasteiger partial charge in [0.1, 0.15) is 5.65 Å². The standard InChI is InChI=1S/C13H15N3O/c14-9-5-10-11(7-16-13(10)15-6-9)12(17)8-3-1-2-4-8/h5-8H,1-4,14H2,(H,15,16). The number of nitrogens with two attached hydrogens (primary N) is 1. The average molecular weight is 229 g/mol. The number of hydrogen-bond acceptors (Lipinski definition) is 3. The monoisotopic (exact) mass is 229 g/mol. The quantitative estimate of drug-likeness (QED) is 0.777. The van der Waals surface area contributed by atoms with Crippen LogP contribution in [0.3, 0.4) is 0 Å². The summed E-state index contributed by atoms with van der Waals surface area (Å²) in [7, 11) is 0. The number of aromatic amines is 1. The molecule has 1 saturated carbocycles. The number of carbonyl (C=O) groups is 1. The Hall–Kier alpha value is -1.84. The highest BCUT2D eigenvalue weighted by Gasteiger charge is 2.25. The summed E-state index contributed by atoms with van der Waals surface area (Å²) in [5, 5.41) is 0.849. The van der Waals surface area contributed by atoms with E-state index < -0.39 is 0 Å². The Bertz CT molecular complexity index is 567. The lowest BCUT2D eigenvalue weighted by molar-refractivity contribution is 0.0924. The molecule has 88 valence electrons. The number of fused-ring (bicyclic) bond motifs is 1. The van der Waals surface area contributed by atoms with Crippen molar-refractivity contribution in [2.45, 2.75) is 25.7 Å². The lowest BCUT2D eigenvalue weighted by Crippen LogP contribution is -2.10. The van der Waals surface area contributed by atoms with E-state index in [1.807, 2.05) is 6.07 Å². The van der Waals surface area contributed by atoms with Crippen molar-refractivity contribution < 1.29 is 4.79 Å². The van der Waals surface area contributed by atoms with Gasteiger partial charge in [0.15, 0.2) is 5.78 Å². The molecular formula is C13H15N3O. The molecule has 1 aliphatic rings. The molecule has 2 aromatic rings. The van der Waals surface area contributed by atoms with E-state index in [0.717, 1.165) is 29.4 Å². The van der Waals surface area contributed by atoms with Crippen molar-refractivity contribution in [3.05, 3.63) is 24.0 Å². The molecule has 4 nitrogen and oxygen atoms in total. The van der Waals surface area contributed by atoms with Gasteiger partial charge < -0.3 is 10.7 Å². The van der Waals surface area contributed by atoms with Crippen LogP contribution in [0.4, 0.5) is 5.69 Å². The minimum absolute atomic E-state index is 0.190. The van der Waals surface area contributed by atoms with Gasteiger partial charge >= 0.3 is 0 Å². The van der Waals surface area contributed by atoms with Crippen LogP contribution in [0.1, 0.15) is 36.0 Å². The molecule has 0 aromatic carbocycles. The molecule has 0 radical (unpaired) electrons. The van der Waals surface area contributed by atoms with Crippen molar-refractivity contribution in [1.29, 1.82) is 0 Å². The molecule has 0 amide bonds.